The molecule has 1 aliphatic carbocycles. The molecule has 2 unspecified atom stereocenters. The monoisotopic (exact) mass is 503 g/mol. The van der Waals surface area contributed by atoms with Crippen molar-refractivity contribution in [2.24, 2.45) is 11.8 Å². The number of pyridine rings is 1. The number of tetrazole rings is 1. The number of nitrogens with zero attached hydrogens (tertiary/aromatic N) is 8. The van der Waals surface area contributed by atoms with Crippen LogP contribution in [0.3, 0.4) is 0 Å². The van der Waals surface area contributed by atoms with Crippen molar-refractivity contribution in [3.05, 3.63) is 76.0 Å². The van der Waals surface area contributed by atoms with Crippen LogP contribution in [0.5, 0.6) is 0 Å². The van der Waals surface area contributed by atoms with Gasteiger partial charge in [-0.1, -0.05) is 17.7 Å². The van der Waals surface area contributed by atoms with Crippen LogP contribution >= 0.6 is 11.6 Å². The highest BCUT2D eigenvalue weighted by Gasteiger charge is 2.45. The molecule has 2 aliphatic rings. The number of piperidine rings is 1. The van der Waals surface area contributed by atoms with Crippen molar-refractivity contribution >= 4 is 23.3 Å². The van der Waals surface area contributed by atoms with Gasteiger partial charge in [0.15, 0.2) is 0 Å². The van der Waals surface area contributed by atoms with Gasteiger partial charge in [0.1, 0.15) is 12.1 Å². The fraction of sp³-hybridized carbons (Fsp3) is 0.360. The van der Waals surface area contributed by atoms with Crippen LogP contribution in [-0.4, -0.2) is 54.0 Å². The minimum atomic E-state index is -0.209. The number of rotatable bonds is 7. The normalized spacial score (nSPS) is 18.4. The van der Waals surface area contributed by atoms with Crippen LogP contribution in [0.15, 0.2) is 42.9 Å². The van der Waals surface area contributed by atoms with E-state index in [9.17, 15) is 4.79 Å². The zero-order valence-corrected chi connectivity index (χ0v) is 20.9. The van der Waals surface area contributed by atoms with E-state index in [1.165, 1.54) is 17.4 Å². The lowest BCUT2D eigenvalue weighted by Crippen LogP contribution is -2.24. The van der Waals surface area contributed by atoms with Gasteiger partial charge in [-0.3, -0.25) is 9.48 Å². The highest BCUT2D eigenvalue weighted by atomic mass is 35.5. The lowest BCUT2D eigenvalue weighted by Gasteiger charge is -2.20. The molecule has 2 fully saturated rings. The van der Waals surface area contributed by atoms with Gasteiger partial charge in [0, 0.05) is 36.5 Å². The summed E-state index contributed by atoms with van der Waals surface area (Å²) >= 11 is 6.19. The first kappa shape index (κ1) is 22.7. The third kappa shape index (κ3) is 4.44. The lowest BCUT2D eigenvalue weighted by molar-refractivity contribution is 0.0950. The molecule has 3 aromatic heterocycles. The quantitative estimate of drug-likeness (QED) is 0.413. The molecule has 2 atom stereocenters. The number of halogens is 1. The number of hydrogen-bond donors (Lipinski definition) is 1. The Bertz CT molecular complexity index is 1420. The average Bonchev–Trinajstić information content (AvgIpc) is 3.25. The average molecular weight is 504 g/mol. The standard InChI is InChI=1S/C25H26ClN9O/c1-15-17(3-6-24(29-15)33-10-19-7-20(19)11-33)12-34-13-22(16(2)30-34)25(36)27-9-18-8-21(26)4-5-23(18)35-14-28-31-32-35/h3-6,8,13-14,19-20H,7,9-12H2,1-2H3,(H,27,36). The zero-order chi connectivity index (χ0) is 24.8. The third-order valence-electron chi connectivity index (χ3n) is 7.08. The Hall–Kier alpha value is -3.79. The molecule has 1 aliphatic heterocycles. The number of anilines is 1. The van der Waals surface area contributed by atoms with Crippen LogP contribution in [0, 0.1) is 25.7 Å². The van der Waals surface area contributed by atoms with E-state index >= 15 is 0 Å². The minimum Gasteiger partial charge on any atom is -0.356 e. The molecule has 36 heavy (non-hydrogen) atoms. The Labute approximate surface area is 213 Å². The number of amides is 1. The number of carbonyl (C=O) groups excluding carboxylic acids is 1. The van der Waals surface area contributed by atoms with E-state index in [0.717, 1.165) is 53.3 Å². The van der Waals surface area contributed by atoms with E-state index in [0.29, 0.717) is 22.8 Å². The fourth-order valence-electron chi connectivity index (χ4n) is 4.96. The molecule has 4 aromatic rings. The molecular formula is C25H26ClN9O. The van der Waals surface area contributed by atoms with Gasteiger partial charge in [-0.25, -0.2) is 9.67 Å². The maximum Gasteiger partial charge on any atom is 0.255 e. The maximum atomic E-state index is 13.0. The maximum absolute atomic E-state index is 13.0. The molecule has 6 rings (SSSR count). The van der Waals surface area contributed by atoms with E-state index in [1.54, 1.807) is 23.0 Å². The summed E-state index contributed by atoms with van der Waals surface area (Å²) in [6.07, 6.45) is 4.66. The number of hydrogen-bond acceptors (Lipinski definition) is 7. The molecule has 0 radical (unpaired) electrons. The van der Waals surface area contributed by atoms with Crippen molar-refractivity contribution in [3.63, 3.8) is 0 Å². The Kier molecular flexibility index (Phi) is 5.67. The van der Waals surface area contributed by atoms with Crippen LogP contribution in [0.1, 0.15) is 39.3 Å². The first-order chi connectivity index (χ1) is 17.4. The van der Waals surface area contributed by atoms with Crippen molar-refractivity contribution in [2.45, 2.75) is 33.4 Å². The Morgan fingerprint density at radius 3 is 2.69 bits per heavy atom. The van der Waals surface area contributed by atoms with Gasteiger partial charge < -0.3 is 10.2 Å². The molecule has 1 aromatic carbocycles. The number of aryl methyl sites for hydroxylation is 2. The molecule has 4 heterocycles. The molecule has 1 saturated heterocycles. The first-order valence-corrected chi connectivity index (χ1v) is 12.4. The van der Waals surface area contributed by atoms with Crippen molar-refractivity contribution in [3.8, 4) is 5.69 Å². The lowest BCUT2D eigenvalue weighted by atomic mass is 10.1. The van der Waals surface area contributed by atoms with Crippen LogP contribution in [0.4, 0.5) is 5.82 Å². The highest BCUT2D eigenvalue weighted by Crippen LogP contribution is 2.45. The highest BCUT2D eigenvalue weighted by molar-refractivity contribution is 6.30. The van der Waals surface area contributed by atoms with Crippen molar-refractivity contribution in [1.29, 1.82) is 0 Å². The number of carbonyl (C=O) groups is 1. The summed E-state index contributed by atoms with van der Waals surface area (Å²) in [7, 11) is 0. The molecule has 0 bridgehead atoms. The van der Waals surface area contributed by atoms with Gasteiger partial charge in [0.2, 0.25) is 0 Å². The molecule has 0 spiro atoms. The Balaban J connectivity index is 1.13. The summed E-state index contributed by atoms with van der Waals surface area (Å²) < 4.78 is 3.33. The van der Waals surface area contributed by atoms with E-state index in [-0.39, 0.29) is 12.5 Å². The topological polar surface area (TPSA) is 107 Å². The van der Waals surface area contributed by atoms with Crippen molar-refractivity contribution < 1.29 is 4.79 Å². The second-order valence-corrected chi connectivity index (χ2v) is 10.0. The van der Waals surface area contributed by atoms with Gasteiger partial charge in [-0.05, 0) is 77.9 Å². The van der Waals surface area contributed by atoms with E-state index in [4.69, 9.17) is 16.6 Å². The summed E-state index contributed by atoms with van der Waals surface area (Å²) in [6.45, 7) is 6.94. The number of aromatic nitrogens is 7. The summed E-state index contributed by atoms with van der Waals surface area (Å²) in [5.41, 5.74) is 4.81. The Morgan fingerprint density at radius 1 is 1.11 bits per heavy atom. The van der Waals surface area contributed by atoms with E-state index in [2.05, 4.69) is 43.0 Å². The molecule has 1 N–H and O–H groups in total. The number of fused-ring (bicyclic) bond motifs is 1. The molecule has 11 heteroatoms. The van der Waals surface area contributed by atoms with Crippen LogP contribution < -0.4 is 10.2 Å². The molecule has 184 valence electrons. The van der Waals surface area contributed by atoms with Gasteiger partial charge in [0.25, 0.3) is 5.91 Å². The molecule has 1 amide bonds. The smallest absolute Gasteiger partial charge is 0.255 e. The SMILES string of the molecule is Cc1nc(N2CC3CC3C2)ccc1Cn1cc(C(=O)NCc2cc(Cl)ccc2-n2cnnn2)c(C)n1. The predicted molar refractivity (Wildman–Crippen MR) is 134 cm³/mol. The van der Waals surface area contributed by atoms with Gasteiger partial charge in [0.05, 0.1) is 23.5 Å². The fourth-order valence-corrected chi connectivity index (χ4v) is 5.16. The molecule has 1 saturated carbocycles. The molecule has 10 nitrogen and oxygen atoms in total. The minimum absolute atomic E-state index is 0.209. The second kappa shape index (κ2) is 9.02. The zero-order valence-electron chi connectivity index (χ0n) is 20.1. The predicted octanol–water partition coefficient (Wildman–Crippen LogP) is 2.96. The summed E-state index contributed by atoms with van der Waals surface area (Å²) in [5.74, 6) is 2.59. The van der Waals surface area contributed by atoms with Gasteiger partial charge in [-0.15, -0.1) is 5.10 Å². The summed E-state index contributed by atoms with van der Waals surface area (Å²) in [6, 6.07) is 9.59. The van der Waals surface area contributed by atoms with Crippen LogP contribution in [0.2, 0.25) is 5.02 Å². The number of benzene rings is 1. The van der Waals surface area contributed by atoms with Gasteiger partial charge in [-0.2, -0.15) is 5.10 Å². The van der Waals surface area contributed by atoms with E-state index in [1.807, 2.05) is 19.9 Å². The van der Waals surface area contributed by atoms with Crippen LogP contribution in [0.25, 0.3) is 5.69 Å². The first-order valence-electron chi connectivity index (χ1n) is 12.0. The van der Waals surface area contributed by atoms with Crippen molar-refractivity contribution in [1.82, 2.24) is 40.3 Å². The molecular weight excluding hydrogens is 478 g/mol. The summed E-state index contributed by atoms with van der Waals surface area (Å²) in [4.78, 5) is 20.3. The third-order valence-corrected chi connectivity index (χ3v) is 7.32. The number of nitrogens with one attached hydrogen (secondary N) is 1. The van der Waals surface area contributed by atoms with E-state index < -0.39 is 0 Å². The van der Waals surface area contributed by atoms with Crippen molar-refractivity contribution in [2.75, 3.05) is 18.0 Å². The Morgan fingerprint density at radius 2 is 1.94 bits per heavy atom. The second-order valence-electron chi connectivity index (χ2n) is 9.61. The largest absolute Gasteiger partial charge is 0.356 e. The van der Waals surface area contributed by atoms with Gasteiger partial charge >= 0.3 is 0 Å². The summed E-state index contributed by atoms with van der Waals surface area (Å²) in [5, 5.41) is 19.4. The van der Waals surface area contributed by atoms with Crippen LogP contribution in [-0.2, 0) is 13.1 Å².